The molecular formula is C28H36N2O2. The molecule has 1 aliphatic heterocycles. The molecule has 0 aromatic heterocycles. The largest absolute Gasteiger partial charge is 0.359 e. The molecule has 4 heteroatoms. The number of nitrogens with zero attached hydrogens (tertiary/aromatic N) is 1. The van der Waals surface area contributed by atoms with E-state index in [0.717, 1.165) is 12.8 Å². The molecule has 1 aliphatic carbocycles. The summed E-state index contributed by atoms with van der Waals surface area (Å²) < 4.78 is 0. The van der Waals surface area contributed by atoms with Crippen LogP contribution in [0.2, 0.25) is 0 Å². The van der Waals surface area contributed by atoms with Crippen LogP contribution in [-0.2, 0) is 16.0 Å². The fourth-order valence-corrected chi connectivity index (χ4v) is 5.66. The van der Waals surface area contributed by atoms with Crippen LogP contribution in [0.15, 0.2) is 48.5 Å². The van der Waals surface area contributed by atoms with Gasteiger partial charge in [-0.3, -0.25) is 9.59 Å². The number of amides is 2. The number of aryl methyl sites for hydroxylation is 1. The van der Waals surface area contributed by atoms with Crippen LogP contribution in [-0.4, -0.2) is 36.9 Å². The molecule has 2 aliphatic rings. The lowest BCUT2D eigenvalue weighted by atomic mass is 9.72. The van der Waals surface area contributed by atoms with Crippen molar-refractivity contribution in [3.63, 3.8) is 0 Å². The fraction of sp³-hybridized carbons (Fsp3) is 0.500. The molecule has 2 fully saturated rings. The summed E-state index contributed by atoms with van der Waals surface area (Å²) in [7, 11) is 1.73. The predicted octanol–water partition coefficient (Wildman–Crippen LogP) is 5.14. The van der Waals surface area contributed by atoms with E-state index in [2.05, 4.69) is 60.8 Å². The van der Waals surface area contributed by atoms with Crippen molar-refractivity contribution in [2.24, 2.45) is 11.3 Å². The molecule has 4 rings (SSSR count). The maximum absolute atomic E-state index is 13.0. The van der Waals surface area contributed by atoms with E-state index in [4.69, 9.17) is 0 Å². The average molecular weight is 433 g/mol. The minimum absolute atomic E-state index is 0.0988. The van der Waals surface area contributed by atoms with Gasteiger partial charge in [-0.15, -0.1) is 0 Å². The summed E-state index contributed by atoms with van der Waals surface area (Å²) in [5.74, 6) is 0.947. The second kappa shape index (κ2) is 9.89. The van der Waals surface area contributed by atoms with Crippen molar-refractivity contribution in [3.05, 3.63) is 59.7 Å². The topological polar surface area (TPSA) is 49.4 Å². The van der Waals surface area contributed by atoms with Gasteiger partial charge in [0.1, 0.15) is 0 Å². The van der Waals surface area contributed by atoms with Crippen molar-refractivity contribution in [2.45, 2.75) is 58.3 Å². The number of likely N-dealkylation sites (tertiary alicyclic amines) is 1. The molecule has 2 aromatic rings. The van der Waals surface area contributed by atoms with Crippen molar-refractivity contribution in [2.75, 3.05) is 20.1 Å². The van der Waals surface area contributed by atoms with Crippen LogP contribution >= 0.6 is 0 Å². The van der Waals surface area contributed by atoms with Gasteiger partial charge < -0.3 is 10.2 Å². The molecule has 1 saturated carbocycles. The van der Waals surface area contributed by atoms with Crippen molar-refractivity contribution >= 4 is 11.8 Å². The van der Waals surface area contributed by atoms with E-state index in [1.807, 2.05) is 4.90 Å². The molecule has 1 heterocycles. The summed E-state index contributed by atoms with van der Waals surface area (Å²) in [5, 5.41) is 2.91. The highest BCUT2D eigenvalue weighted by atomic mass is 16.2. The van der Waals surface area contributed by atoms with Gasteiger partial charge in [0.15, 0.2) is 0 Å². The Labute approximate surface area is 192 Å². The Morgan fingerprint density at radius 3 is 2.44 bits per heavy atom. The standard InChI is InChI=1S/C28H36N2O2/c1-21-8-3-6-13-25(21)24-12-7-11-23(18-24)20-28(27(32)29-2)14-16-30(17-15-28)26(31)19-22-9-4-5-10-22/h3,6-8,11-13,18,22H,4-5,9-10,14-17,19-20H2,1-2H3,(H,29,32). The first-order valence-electron chi connectivity index (χ1n) is 12.2. The number of hydrogen-bond donors (Lipinski definition) is 1. The number of rotatable bonds is 6. The molecule has 170 valence electrons. The third kappa shape index (κ3) is 4.90. The van der Waals surface area contributed by atoms with E-state index in [1.54, 1.807) is 7.05 Å². The predicted molar refractivity (Wildman–Crippen MR) is 129 cm³/mol. The highest BCUT2D eigenvalue weighted by molar-refractivity contribution is 5.84. The van der Waals surface area contributed by atoms with Crippen molar-refractivity contribution in [3.8, 4) is 11.1 Å². The lowest BCUT2D eigenvalue weighted by Gasteiger charge is -2.41. The lowest BCUT2D eigenvalue weighted by molar-refractivity contribution is -0.140. The summed E-state index contributed by atoms with van der Waals surface area (Å²) in [6.45, 7) is 3.49. The SMILES string of the molecule is CNC(=O)C1(Cc2cccc(-c3ccccc3C)c2)CCN(C(=O)CC2CCCC2)CC1. The highest BCUT2D eigenvalue weighted by Crippen LogP contribution is 2.37. The molecule has 1 saturated heterocycles. The first kappa shape index (κ1) is 22.6. The van der Waals surface area contributed by atoms with Crippen LogP contribution in [0.1, 0.15) is 56.1 Å². The first-order chi connectivity index (χ1) is 15.5. The maximum atomic E-state index is 13.0. The summed E-state index contributed by atoms with van der Waals surface area (Å²) in [6, 6.07) is 17.0. The van der Waals surface area contributed by atoms with E-state index in [9.17, 15) is 9.59 Å². The summed E-state index contributed by atoms with van der Waals surface area (Å²) in [6.07, 6.45) is 7.74. The highest BCUT2D eigenvalue weighted by Gasteiger charge is 2.42. The minimum Gasteiger partial charge on any atom is -0.359 e. The van der Waals surface area contributed by atoms with Gasteiger partial charge >= 0.3 is 0 Å². The number of carbonyl (C=O) groups excluding carboxylic acids is 2. The fourth-order valence-electron chi connectivity index (χ4n) is 5.66. The van der Waals surface area contributed by atoms with Gasteiger partial charge in [0, 0.05) is 26.6 Å². The van der Waals surface area contributed by atoms with Gasteiger partial charge in [0.2, 0.25) is 11.8 Å². The van der Waals surface area contributed by atoms with E-state index in [-0.39, 0.29) is 11.8 Å². The van der Waals surface area contributed by atoms with E-state index in [1.165, 1.54) is 47.9 Å². The third-order valence-corrected chi connectivity index (χ3v) is 7.65. The average Bonchev–Trinajstić information content (AvgIpc) is 3.32. The van der Waals surface area contributed by atoms with Crippen LogP contribution < -0.4 is 5.32 Å². The minimum atomic E-state index is -0.455. The molecule has 0 bridgehead atoms. The Bertz CT molecular complexity index is 953. The van der Waals surface area contributed by atoms with Crippen molar-refractivity contribution < 1.29 is 9.59 Å². The molecule has 0 atom stereocenters. The Hall–Kier alpha value is -2.62. The van der Waals surface area contributed by atoms with Gasteiger partial charge in [0.25, 0.3) is 0 Å². The number of benzene rings is 2. The van der Waals surface area contributed by atoms with Crippen LogP contribution in [0.25, 0.3) is 11.1 Å². The quantitative estimate of drug-likeness (QED) is 0.687. The van der Waals surface area contributed by atoms with Gasteiger partial charge in [-0.05, 0) is 67.2 Å². The number of carbonyl (C=O) groups is 2. The Balaban J connectivity index is 1.48. The van der Waals surface area contributed by atoms with Crippen molar-refractivity contribution in [1.82, 2.24) is 10.2 Å². The Morgan fingerprint density at radius 2 is 1.75 bits per heavy atom. The lowest BCUT2D eigenvalue weighted by Crippen LogP contribution is -2.50. The van der Waals surface area contributed by atoms with Gasteiger partial charge in [-0.25, -0.2) is 0 Å². The summed E-state index contributed by atoms with van der Waals surface area (Å²) >= 11 is 0. The molecule has 2 aromatic carbocycles. The van der Waals surface area contributed by atoms with E-state index in [0.29, 0.717) is 31.8 Å². The van der Waals surface area contributed by atoms with Gasteiger partial charge in [-0.1, -0.05) is 61.4 Å². The van der Waals surface area contributed by atoms with Crippen molar-refractivity contribution in [1.29, 1.82) is 0 Å². The molecule has 0 spiro atoms. The summed E-state index contributed by atoms with van der Waals surface area (Å²) in [4.78, 5) is 27.9. The number of nitrogens with one attached hydrogen (secondary N) is 1. The third-order valence-electron chi connectivity index (χ3n) is 7.65. The molecule has 1 N–H and O–H groups in total. The zero-order chi connectivity index (χ0) is 22.6. The van der Waals surface area contributed by atoms with Crippen LogP contribution in [0.3, 0.4) is 0 Å². The monoisotopic (exact) mass is 432 g/mol. The second-order valence-electron chi connectivity index (χ2n) is 9.79. The normalized spacial score (nSPS) is 18.5. The maximum Gasteiger partial charge on any atom is 0.226 e. The Morgan fingerprint density at radius 1 is 1.03 bits per heavy atom. The molecule has 4 nitrogen and oxygen atoms in total. The number of piperidine rings is 1. The second-order valence-corrected chi connectivity index (χ2v) is 9.79. The molecule has 0 unspecified atom stereocenters. The molecule has 2 amide bonds. The van der Waals surface area contributed by atoms with Crippen LogP contribution in [0, 0.1) is 18.3 Å². The summed E-state index contributed by atoms with van der Waals surface area (Å²) in [5.41, 5.74) is 4.40. The smallest absolute Gasteiger partial charge is 0.226 e. The molecule has 0 radical (unpaired) electrons. The van der Waals surface area contributed by atoms with Gasteiger partial charge in [0.05, 0.1) is 5.41 Å². The van der Waals surface area contributed by atoms with Crippen LogP contribution in [0.5, 0.6) is 0 Å². The zero-order valence-corrected chi connectivity index (χ0v) is 19.5. The zero-order valence-electron chi connectivity index (χ0n) is 19.5. The molecule has 32 heavy (non-hydrogen) atoms. The number of hydrogen-bond acceptors (Lipinski definition) is 2. The van der Waals surface area contributed by atoms with Crippen LogP contribution in [0.4, 0.5) is 0 Å². The first-order valence-corrected chi connectivity index (χ1v) is 12.2. The van der Waals surface area contributed by atoms with E-state index < -0.39 is 5.41 Å². The molecular weight excluding hydrogens is 396 g/mol. The Kier molecular flexibility index (Phi) is 6.98. The van der Waals surface area contributed by atoms with Gasteiger partial charge in [-0.2, -0.15) is 0 Å². The van der Waals surface area contributed by atoms with E-state index >= 15 is 0 Å².